The third-order valence-corrected chi connectivity index (χ3v) is 6.20. The molecule has 0 saturated heterocycles. The lowest BCUT2D eigenvalue weighted by atomic mass is 9.93. The van der Waals surface area contributed by atoms with E-state index in [1.54, 1.807) is 18.2 Å². The number of aromatic carboxylic acids is 1. The number of carbonyl (C=O) groups is 1. The molecule has 0 spiro atoms. The number of nitrogens with zero attached hydrogens (tertiary/aromatic N) is 2. The highest BCUT2D eigenvalue weighted by Crippen LogP contribution is 2.30. The van der Waals surface area contributed by atoms with E-state index in [2.05, 4.69) is 4.90 Å². The topological polar surface area (TPSA) is 114 Å². The number of carboxylic acids is 1. The molecule has 1 heterocycles. The Morgan fingerprint density at radius 2 is 1.88 bits per heavy atom. The molecule has 0 bridgehead atoms. The van der Waals surface area contributed by atoms with Gasteiger partial charge in [-0.15, -0.1) is 0 Å². The zero-order valence-electron chi connectivity index (χ0n) is 17.7. The first kappa shape index (κ1) is 21.7. The molecule has 8 heteroatoms. The fourth-order valence-corrected chi connectivity index (χ4v) is 4.42. The number of rotatable bonds is 6. The van der Waals surface area contributed by atoms with Crippen LogP contribution in [0.25, 0.3) is 22.1 Å². The van der Waals surface area contributed by atoms with E-state index in [-0.39, 0.29) is 22.4 Å². The highest BCUT2D eigenvalue weighted by Gasteiger charge is 2.21. The van der Waals surface area contributed by atoms with Crippen molar-refractivity contribution in [3.8, 4) is 11.1 Å². The Hall–Kier alpha value is -3.52. The lowest BCUT2D eigenvalue weighted by Crippen LogP contribution is -2.33. The molecule has 0 atom stereocenters. The second kappa shape index (κ2) is 8.92. The predicted molar refractivity (Wildman–Crippen MR) is 120 cm³/mol. The van der Waals surface area contributed by atoms with Gasteiger partial charge in [-0.05, 0) is 55.3 Å². The van der Waals surface area contributed by atoms with Gasteiger partial charge >= 0.3 is 11.6 Å². The van der Waals surface area contributed by atoms with E-state index in [1.165, 1.54) is 43.5 Å². The summed E-state index contributed by atoms with van der Waals surface area (Å²) in [6.45, 7) is 0.567. The molecule has 0 aliphatic heterocycles. The molecule has 1 aliphatic carbocycles. The van der Waals surface area contributed by atoms with Gasteiger partial charge in [-0.1, -0.05) is 25.3 Å². The minimum atomic E-state index is -1.08. The van der Waals surface area contributed by atoms with Crippen LogP contribution in [0.4, 0.5) is 5.69 Å². The second-order valence-corrected chi connectivity index (χ2v) is 8.31. The van der Waals surface area contributed by atoms with Crippen LogP contribution in [-0.2, 0) is 6.54 Å². The smallest absolute Gasteiger partial charge is 0.344 e. The standard InChI is InChI=1S/C24H24N2O6/c1-25(18-5-3-2-4-6-18)14-17-8-7-16(23(27)28)12-20(17)21-11-15-9-10-19(26(30)31)13-22(15)32-24(21)29/h7-13,18H,2-6,14H2,1H3,(H,27,28). The number of fused-ring (bicyclic) bond motifs is 1. The van der Waals surface area contributed by atoms with Gasteiger partial charge in [0, 0.05) is 24.0 Å². The third kappa shape index (κ3) is 4.40. The van der Waals surface area contributed by atoms with Crippen LogP contribution in [0.15, 0.2) is 51.7 Å². The molecule has 0 amide bonds. The Kier molecular flexibility index (Phi) is 6.05. The van der Waals surface area contributed by atoms with Crippen LogP contribution in [0.5, 0.6) is 0 Å². The normalized spacial score (nSPS) is 14.7. The van der Waals surface area contributed by atoms with Gasteiger partial charge in [0.1, 0.15) is 5.58 Å². The summed E-state index contributed by atoms with van der Waals surface area (Å²) in [5.41, 5.74) is 0.924. The minimum Gasteiger partial charge on any atom is -0.478 e. The first-order valence-electron chi connectivity index (χ1n) is 10.6. The second-order valence-electron chi connectivity index (χ2n) is 8.31. The molecule has 32 heavy (non-hydrogen) atoms. The average molecular weight is 436 g/mol. The van der Waals surface area contributed by atoms with E-state index in [1.807, 2.05) is 7.05 Å². The van der Waals surface area contributed by atoms with Crippen molar-refractivity contribution in [1.29, 1.82) is 0 Å². The van der Waals surface area contributed by atoms with Crippen molar-refractivity contribution >= 4 is 22.6 Å². The van der Waals surface area contributed by atoms with E-state index in [0.717, 1.165) is 18.4 Å². The molecule has 1 aliphatic rings. The van der Waals surface area contributed by atoms with Crippen molar-refractivity contribution in [3.05, 3.63) is 74.1 Å². The number of non-ortho nitro benzene ring substituents is 1. The molecule has 1 N–H and O–H groups in total. The van der Waals surface area contributed by atoms with Crippen molar-refractivity contribution in [3.63, 3.8) is 0 Å². The van der Waals surface area contributed by atoms with E-state index in [4.69, 9.17) is 4.42 Å². The Morgan fingerprint density at radius 3 is 2.56 bits per heavy atom. The zero-order chi connectivity index (χ0) is 22.8. The van der Waals surface area contributed by atoms with Crippen LogP contribution in [0, 0.1) is 10.1 Å². The number of hydrogen-bond donors (Lipinski definition) is 1. The highest BCUT2D eigenvalue weighted by molar-refractivity contribution is 5.91. The summed E-state index contributed by atoms with van der Waals surface area (Å²) in [5, 5.41) is 21.0. The molecule has 0 radical (unpaired) electrons. The van der Waals surface area contributed by atoms with Gasteiger partial charge in [-0.2, -0.15) is 0 Å². The molecule has 2 aromatic carbocycles. The fourth-order valence-electron chi connectivity index (χ4n) is 4.42. The number of nitro groups is 1. The van der Waals surface area contributed by atoms with Crippen molar-refractivity contribution < 1.29 is 19.2 Å². The van der Waals surface area contributed by atoms with E-state index in [9.17, 15) is 24.8 Å². The van der Waals surface area contributed by atoms with E-state index in [0.29, 0.717) is 23.5 Å². The van der Waals surface area contributed by atoms with Crippen molar-refractivity contribution in [2.24, 2.45) is 0 Å². The van der Waals surface area contributed by atoms with Crippen molar-refractivity contribution in [2.45, 2.75) is 44.7 Å². The fraction of sp³-hybridized carbons (Fsp3) is 0.333. The maximum Gasteiger partial charge on any atom is 0.344 e. The summed E-state index contributed by atoms with van der Waals surface area (Å²) in [7, 11) is 2.05. The predicted octanol–water partition coefficient (Wildman–Crippen LogP) is 4.83. The van der Waals surface area contributed by atoms with Crippen LogP contribution < -0.4 is 5.63 Å². The highest BCUT2D eigenvalue weighted by atomic mass is 16.6. The lowest BCUT2D eigenvalue weighted by Gasteiger charge is -2.31. The molecule has 166 valence electrons. The summed E-state index contributed by atoms with van der Waals surface area (Å²) in [6.07, 6.45) is 5.88. The number of benzene rings is 2. The van der Waals surface area contributed by atoms with Gasteiger partial charge in [0.25, 0.3) is 5.69 Å². The first-order chi connectivity index (χ1) is 15.3. The van der Waals surface area contributed by atoms with Crippen LogP contribution in [0.1, 0.15) is 48.0 Å². The largest absolute Gasteiger partial charge is 0.478 e. The molecule has 4 rings (SSSR count). The van der Waals surface area contributed by atoms with Gasteiger partial charge in [0.15, 0.2) is 0 Å². The van der Waals surface area contributed by atoms with Crippen molar-refractivity contribution in [2.75, 3.05) is 7.05 Å². The molecule has 1 saturated carbocycles. The summed E-state index contributed by atoms with van der Waals surface area (Å²) < 4.78 is 5.39. The quantitative estimate of drug-likeness (QED) is 0.334. The minimum absolute atomic E-state index is 0.0762. The molecular formula is C24H24N2O6. The number of nitro benzene ring substituents is 1. The van der Waals surface area contributed by atoms with Crippen LogP contribution >= 0.6 is 0 Å². The SMILES string of the molecule is CN(Cc1ccc(C(=O)O)cc1-c1cc2ccc([N+](=O)[O-])cc2oc1=O)C1CCCCC1. The Balaban J connectivity index is 1.79. The van der Waals surface area contributed by atoms with E-state index < -0.39 is 16.5 Å². The average Bonchev–Trinajstić information content (AvgIpc) is 2.79. The Morgan fingerprint density at radius 1 is 1.12 bits per heavy atom. The Labute approximate surface area is 184 Å². The number of carboxylic acid groups (broad SMARTS) is 1. The van der Waals surface area contributed by atoms with Gasteiger partial charge < -0.3 is 9.52 Å². The maximum absolute atomic E-state index is 12.8. The summed E-state index contributed by atoms with van der Waals surface area (Å²) in [6, 6.07) is 10.9. The third-order valence-electron chi connectivity index (χ3n) is 6.20. The van der Waals surface area contributed by atoms with Crippen LogP contribution in [0.3, 0.4) is 0 Å². The Bertz CT molecular complexity index is 1240. The van der Waals surface area contributed by atoms with Crippen LogP contribution in [-0.4, -0.2) is 34.0 Å². The molecule has 0 unspecified atom stereocenters. The van der Waals surface area contributed by atoms with Gasteiger partial charge in [0.05, 0.1) is 22.1 Å². The number of hydrogen-bond acceptors (Lipinski definition) is 6. The van der Waals surface area contributed by atoms with Crippen LogP contribution in [0.2, 0.25) is 0 Å². The molecule has 1 aromatic heterocycles. The zero-order valence-corrected chi connectivity index (χ0v) is 17.7. The summed E-state index contributed by atoms with van der Waals surface area (Å²) >= 11 is 0. The molecule has 8 nitrogen and oxygen atoms in total. The van der Waals surface area contributed by atoms with Gasteiger partial charge in [-0.25, -0.2) is 9.59 Å². The summed E-state index contributed by atoms with van der Waals surface area (Å²) in [5.74, 6) is -1.08. The van der Waals surface area contributed by atoms with E-state index >= 15 is 0 Å². The van der Waals surface area contributed by atoms with Crippen molar-refractivity contribution in [1.82, 2.24) is 4.90 Å². The first-order valence-corrected chi connectivity index (χ1v) is 10.6. The summed E-state index contributed by atoms with van der Waals surface area (Å²) in [4.78, 5) is 37.2. The molecule has 1 fully saturated rings. The van der Waals surface area contributed by atoms with Gasteiger partial charge in [0.2, 0.25) is 0 Å². The maximum atomic E-state index is 12.8. The molecule has 3 aromatic rings. The lowest BCUT2D eigenvalue weighted by molar-refractivity contribution is -0.384. The molecular weight excluding hydrogens is 412 g/mol. The monoisotopic (exact) mass is 436 g/mol. The van der Waals surface area contributed by atoms with Gasteiger partial charge in [-0.3, -0.25) is 15.0 Å².